The Morgan fingerprint density at radius 3 is 2.76 bits per heavy atom. The van der Waals surface area contributed by atoms with Gasteiger partial charge < -0.3 is 9.64 Å². The van der Waals surface area contributed by atoms with Crippen molar-refractivity contribution >= 4 is 5.91 Å². The number of aromatic nitrogens is 2. The summed E-state index contributed by atoms with van der Waals surface area (Å²) in [6, 6.07) is 7.90. The molecule has 5 heteroatoms. The monoisotopic (exact) mass is 337 g/mol. The number of hydrogen-bond donors (Lipinski definition) is 0. The number of likely N-dealkylation sites (tertiary alicyclic amines) is 1. The van der Waals surface area contributed by atoms with Crippen LogP contribution >= 0.6 is 0 Å². The van der Waals surface area contributed by atoms with Gasteiger partial charge >= 0.3 is 0 Å². The summed E-state index contributed by atoms with van der Waals surface area (Å²) >= 11 is 0. The van der Waals surface area contributed by atoms with E-state index in [1.807, 2.05) is 36.1 Å². The first-order valence-corrected chi connectivity index (χ1v) is 9.05. The number of benzene rings is 1. The second kappa shape index (κ2) is 6.82. The van der Waals surface area contributed by atoms with Crippen LogP contribution in [-0.4, -0.2) is 33.9 Å². The van der Waals surface area contributed by atoms with Crippen molar-refractivity contribution in [2.24, 2.45) is 5.92 Å². The number of carbonyl (C=O) groups is 1. The molecule has 25 heavy (non-hydrogen) atoms. The van der Waals surface area contributed by atoms with Crippen LogP contribution in [0.5, 0.6) is 11.6 Å². The van der Waals surface area contributed by atoms with Gasteiger partial charge in [-0.3, -0.25) is 9.78 Å². The lowest BCUT2D eigenvalue weighted by Gasteiger charge is -2.33. The van der Waals surface area contributed by atoms with Crippen molar-refractivity contribution in [1.29, 1.82) is 0 Å². The van der Waals surface area contributed by atoms with Crippen molar-refractivity contribution in [2.75, 3.05) is 13.1 Å². The molecule has 1 atom stereocenters. The zero-order chi connectivity index (χ0) is 17.2. The molecule has 2 heterocycles. The second-order valence-corrected chi connectivity index (χ2v) is 7.01. The minimum atomic E-state index is 0.184. The molecule has 0 spiro atoms. The number of amides is 1. The fraction of sp³-hybridized carbons (Fsp3) is 0.450. The maximum absolute atomic E-state index is 12.4. The molecule has 0 radical (unpaired) electrons. The molecule has 2 aromatic rings. The number of nitrogens with zero attached hydrogens (tertiary/aromatic N) is 3. The fourth-order valence-corrected chi connectivity index (χ4v) is 3.46. The van der Waals surface area contributed by atoms with Gasteiger partial charge in [0.15, 0.2) is 0 Å². The minimum Gasteiger partial charge on any atom is -0.437 e. The van der Waals surface area contributed by atoms with E-state index in [0.717, 1.165) is 55.8 Å². The van der Waals surface area contributed by atoms with E-state index < -0.39 is 0 Å². The van der Waals surface area contributed by atoms with Crippen LogP contribution in [0.25, 0.3) is 0 Å². The Morgan fingerprint density at radius 2 is 1.96 bits per heavy atom. The zero-order valence-electron chi connectivity index (χ0n) is 14.5. The van der Waals surface area contributed by atoms with E-state index in [-0.39, 0.29) is 11.8 Å². The minimum absolute atomic E-state index is 0.184. The van der Waals surface area contributed by atoms with Crippen molar-refractivity contribution in [3.05, 3.63) is 47.9 Å². The Hall–Kier alpha value is -2.43. The quantitative estimate of drug-likeness (QED) is 0.854. The number of rotatable bonds is 4. The number of para-hydroxylation sites is 1. The Balaban J connectivity index is 1.55. The maximum Gasteiger partial charge on any atom is 0.241 e. The summed E-state index contributed by atoms with van der Waals surface area (Å²) in [4.78, 5) is 23.4. The molecule has 4 rings (SSSR count). The summed E-state index contributed by atoms with van der Waals surface area (Å²) in [6.45, 7) is 3.60. The van der Waals surface area contributed by atoms with Crippen molar-refractivity contribution in [3.63, 3.8) is 0 Å². The number of carbonyl (C=O) groups excluding carboxylic acids is 1. The lowest BCUT2D eigenvalue weighted by Crippen LogP contribution is -2.40. The molecule has 130 valence electrons. The van der Waals surface area contributed by atoms with Crippen molar-refractivity contribution < 1.29 is 9.53 Å². The molecule has 1 aromatic carbocycles. The van der Waals surface area contributed by atoms with E-state index in [0.29, 0.717) is 11.8 Å². The number of hydrogen-bond acceptors (Lipinski definition) is 4. The topological polar surface area (TPSA) is 55.3 Å². The van der Waals surface area contributed by atoms with Crippen LogP contribution in [0, 0.1) is 12.8 Å². The van der Waals surface area contributed by atoms with Gasteiger partial charge in [0.05, 0.1) is 0 Å². The van der Waals surface area contributed by atoms with E-state index in [2.05, 4.69) is 9.97 Å². The summed E-state index contributed by atoms with van der Waals surface area (Å²) in [5, 5.41) is 0. The van der Waals surface area contributed by atoms with Gasteiger partial charge in [-0.05, 0) is 44.2 Å². The smallest absolute Gasteiger partial charge is 0.241 e. The highest BCUT2D eigenvalue weighted by atomic mass is 16.5. The molecule has 1 saturated carbocycles. The van der Waals surface area contributed by atoms with Crippen LogP contribution in [0.2, 0.25) is 0 Å². The molecule has 1 aliphatic heterocycles. The molecular formula is C20H23N3O2. The average molecular weight is 337 g/mol. The SMILES string of the molecule is Cc1ccccc1Oc1nccnc1C1CCCN(C(=O)C2CC2)C1. The van der Waals surface area contributed by atoms with Gasteiger partial charge in [-0.2, -0.15) is 0 Å². The molecule has 0 bridgehead atoms. The van der Waals surface area contributed by atoms with Gasteiger partial charge in [-0.1, -0.05) is 18.2 Å². The van der Waals surface area contributed by atoms with Gasteiger partial charge in [0.25, 0.3) is 0 Å². The summed E-state index contributed by atoms with van der Waals surface area (Å²) in [5.74, 6) is 2.12. The summed E-state index contributed by atoms with van der Waals surface area (Å²) < 4.78 is 6.07. The largest absolute Gasteiger partial charge is 0.437 e. The normalized spacial score (nSPS) is 20.4. The van der Waals surface area contributed by atoms with Gasteiger partial charge in [0.2, 0.25) is 11.8 Å². The molecule has 0 N–H and O–H groups in total. The maximum atomic E-state index is 12.4. The number of piperidine rings is 1. The van der Waals surface area contributed by atoms with E-state index in [9.17, 15) is 4.79 Å². The molecule has 1 unspecified atom stereocenters. The van der Waals surface area contributed by atoms with Crippen LogP contribution in [0.1, 0.15) is 42.9 Å². The van der Waals surface area contributed by atoms with Crippen LogP contribution < -0.4 is 4.74 Å². The molecule has 2 fully saturated rings. The Labute approximate surface area is 148 Å². The van der Waals surface area contributed by atoms with Gasteiger partial charge in [0, 0.05) is 37.3 Å². The molecule has 1 saturated heterocycles. The van der Waals surface area contributed by atoms with Gasteiger partial charge in [0.1, 0.15) is 11.4 Å². The van der Waals surface area contributed by atoms with Crippen molar-refractivity contribution in [1.82, 2.24) is 14.9 Å². The van der Waals surface area contributed by atoms with Crippen LogP contribution in [-0.2, 0) is 4.79 Å². The summed E-state index contributed by atoms with van der Waals surface area (Å²) in [7, 11) is 0. The van der Waals surface area contributed by atoms with E-state index in [1.165, 1.54) is 0 Å². The van der Waals surface area contributed by atoms with Crippen molar-refractivity contribution in [3.8, 4) is 11.6 Å². The molecular weight excluding hydrogens is 314 g/mol. The first-order valence-electron chi connectivity index (χ1n) is 9.05. The molecule has 1 amide bonds. The summed E-state index contributed by atoms with van der Waals surface area (Å²) in [5.41, 5.74) is 1.92. The second-order valence-electron chi connectivity index (χ2n) is 7.01. The van der Waals surface area contributed by atoms with Crippen LogP contribution in [0.3, 0.4) is 0 Å². The first kappa shape index (κ1) is 16.1. The van der Waals surface area contributed by atoms with E-state index in [1.54, 1.807) is 12.4 Å². The lowest BCUT2D eigenvalue weighted by molar-refractivity contribution is -0.133. The van der Waals surface area contributed by atoms with Gasteiger partial charge in [-0.25, -0.2) is 4.98 Å². The third-order valence-corrected chi connectivity index (χ3v) is 5.04. The highest BCUT2D eigenvalue weighted by Crippen LogP contribution is 2.36. The predicted molar refractivity (Wildman–Crippen MR) is 94.6 cm³/mol. The van der Waals surface area contributed by atoms with E-state index in [4.69, 9.17) is 4.74 Å². The van der Waals surface area contributed by atoms with Crippen LogP contribution in [0.15, 0.2) is 36.7 Å². The van der Waals surface area contributed by atoms with Gasteiger partial charge in [-0.15, -0.1) is 0 Å². The first-order chi connectivity index (χ1) is 12.2. The van der Waals surface area contributed by atoms with Crippen LogP contribution in [0.4, 0.5) is 0 Å². The molecule has 1 aromatic heterocycles. The number of aryl methyl sites for hydroxylation is 1. The highest BCUT2D eigenvalue weighted by molar-refractivity contribution is 5.81. The molecule has 2 aliphatic rings. The van der Waals surface area contributed by atoms with E-state index >= 15 is 0 Å². The summed E-state index contributed by atoms with van der Waals surface area (Å²) in [6.07, 6.45) is 7.48. The Bertz CT molecular complexity index is 773. The third-order valence-electron chi connectivity index (χ3n) is 5.04. The molecule has 5 nitrogen and oxygen atoms in total. The Morgan fingerprint density at radius 1 is 1.16 bits per heavy atom. The number of ether oxygens (including phenoxy) is 1. The standard InChI is InChI=1S/C20H23N3O2/c1-14-5-2-3-7-17(14)25-19-18(21-10-11-22-19)16-6-4-12-23(13-16)20(24)15-8-9-15/h2-3,5,7,10-11,15-16H,4,6,8-9,12-13H2,1H3. The third kappa shape index (κ3) is 3.50. The lowest BCUT2D eigenvalue weighted by atomic mass is 9.94. The van der Waals surface area contributed by atoms with Crippen molar-refractivity contribution in [2.45, 2.75) is 38.5 Å². The predicted octanol–water partition coefficient (Wildman–Crippen LogP) is 3.69. The fourth-order valence-electron chi connectivity index (χ4n) is 3.46. The average Bonchev–Trinajstić information content (AvgIpc) is 3.49. The highest BCUT2D eigenvalue weighted by Gasteiger charge is 2.36. The zero-order valence-corrected chi connectivity index (χ0v) is 14.5. The Kier molecular flexibility index (Phi) is 4.38. The molecule has 1 aliphatic carbocycles.